The van der Waals surface area contributed by atoms with Crippen LogP contribution in [-0.2, 0) is 14.3 Å². The van der Waals surface area contributed by atoms with Gasteiger partial charge in [0.15, 0.2) is 0 Å². The average Bonchev–Trinajstić information content (AvgIpc) is 2.35. The first-order chi connectivity index (χ1) is 9.01. The molecule has 1 fully saturated rings. The number of hydrogen-bond donors (Lipinski definition) is 1. The molecule has 1 aliphatic rings. The molecule has 0 saturated carbocycles. The largest absolute Gasteiger partial charge is 0.465 e. The van der Waals surface area contributed by atoms with Crippen molar-refractivity contribution < 1.29 is 14.3 Å². The second kappa shape index (κ2) is 7.82. The van der Waals surface area contributed by atoms with Gasteiger partial charge in [-0.3, -0.25) is 9.69 Å². The van der Waals surface area contributed by atoms with Crippen LogP contribution in [-0.4, -0.2) is 61.9 Å². The maximum atomic E-state index is 11.8. The van der Waals surface area contributed by atoms with Crippen LogP contribution >= 0.6 is 0 Å². The van der Waals surface area contributed by atoms with Crippen LogP contribution in [0.2, 0.25) is 0 Å². The highest BCUT2D eigenvalue weighted by Gasteiger charge is 2.31. The minimum Gasteiger partial charge on any atom is -0.465 e. The lowest BCUT2D eigenvalue weighted by atomic mass is 10.0. The zero-order chi connectivity index (χ0) is 14.3. The number of hydrogen-bond acceptors (Lipinski definition) is 5. The summed E-state index contributed by atoms with van der Waals surface area (Å²) < 4.78 is 10.6. The van der Waals surface area contributed by atoms with Crippen LogP contribution < -0.4 is 5.32 Å². The van der Waals surface area contributed by atoms with Crippen molar-refractivity contribution in [1.82, 2.24) is 10.2 Å². The fourth-order valence-corrected chi connectivity index (χ4v) is 2.38. The van der Waals surface area contributed by atoms with Crippen molar-refractivity contribution in [2.75, 3.05) is 39.5 Å². The smallest absolute Gasteiger partial charge is 0.323 e. The van der Waals surface area contributed by atoms with Crippen LogP contribution in [0.25, 0.3) is 0 Å². The number of ether oxygens (including phenoxy) is 2. The van der Waals surface area contributed by atoms with Crippen LogP contribution in [0.3, 0.4) is 0 Å². The molecule has 1 atom stereocenters. The summed E-state index contributed by atoms with van der Waals surface area (Å²) in [6.07, 6.45) is 0.774. The van der Waals surface area contributed by atoms with Crippen LogP contribution in [0.4, 0.5) is 0 Å². The van der Waals surface area contributed by atoms with Gasteiger partial charge in [0.1, 0.15) is 6.04 Å². The van der Waals surface area contributed by atoms with Gasteiger partial charge in [-0.1, -0.05) is 6.92 Å². The van der Waals surface area contributed by atoms with Crippen molar-refractivity contribution in [3.05, 3.63) is 0 Å². The first kappa shape index (κ1) is 16.4. The molecule has 0 aromatic heterocycles. The average molecular weight is 272 g/mol. The third kappa shape index (κ3) is 5.09. The predicted molar refractivity (Wildman–Crippen MR) is 75.2 cm³/mol. The van der Waals surface area contributed by atoms with Gasteiger partial charge in [-0.05, 0) is 33.7 Å². The van der Waals surface area contributed by atoms with Crippen LogP contribution in [0.15, 0.2) is 0 Å². The van der Waals surface area contributed by atoms with Gasteiger partial charge >= 0.3 is 5.97 Å². The molecule has 5 heteroatoms. The summed E-state index contributed by atoms with van der Waals surface area (Å²) in [5.41, 5.74) is 0.0453. The standard InChI is InChI=1S/C14H28N2O3/c1-5-15-12(13(17)19-6-2)7-8-16-9-10-18-11-14(16,3)4/h12,15H,5-11H2,1-4H3. The Balaban J connectivity index is 2.48. The molecule has 1 N–H and O–H groups in total. The molecule has 1 aliphatic heterocycles. The summed E-state index contributed by atoms with van der Waals surface area (Å²) in [5.74, 6) is -0.143. The third-order valence-corrected chi connectivity index (χ3v) is 3.53. The van der Waals surface area contributed by atoms with Crippen molar-refractivity contribution in [2.45, 2.75) is 45.7 Å². The molecule has 0 radical (unpaired) electrons. The topological polar surface area (TPSA) is 50.8 Å². The molecule has 0 aliphatic carbocycles. The van der Waals surface area contributed by atoms with E-state index in [0.29, 0.717) is 6.61 Å². The second-order valence-corrected chi connectivity index (χ2v) is 5.50. The number of morpholine rings is 1. The third-order valence-electron chi connectivity index (χ3n) is 3.53. The van der Waals surface area contributed by atoms with E-state index in [0.717, 1.165) is 39.3 Å². The molecule has 19 heavy (non-hydrogen) atoms. The van der Waals surface area contributed by atoms with Gasteiger partial charge in [0, 0.05) is 18.6 Å². The maximum absolute atomic E-state index is 11.8. The molecule has 1 heterocycles. The van der Waals surface area contributed by atoms with Crippen molar-refractivity contribution in [3.63, 3.8) is 0 Å². The van der Waals surface area contributed by atoms with E-state index in [1.54, 1.807) is 0 Å². The molecule has 0 spiro atoms. The Labute approximate surface area is 116 Å². The van der Waals surface area contributed by atoms with Gasteiger partial charge in [-0.2, -0.15) is 0 Å². The van der Waals surface area contributed by atoms with Gasteiger partial charge in [-0.25, -0.2) is 0 Å². The number of nitrogens with zero attached hydrogens (tertiary/aromatic N) is 1. The Morgan fingerprint density at radius 1 is 1.47 bits per heavy atom. The molecule has 1 rings (SSSR count). The summed E-state index contributed by atoms with van der Waals surface area (Å²) in [7, 11) is 0. The predicted octanol–water partition coefficient (Wildman–Crippen LogP) is 1.03. The molecule has 0 aromatic carbocycles. The number of nitrogens with one attached hydrogen (secondary N) is 1. The summed E-state index contributed by atoms with van der Waals surface area (Å²) in [6.45, 7) is 12.7. The summed E-state index contributed by atoms with van der Waals surface area (Å²) in [6, 6.07) is -0.205. The van der Waals surface area contributed by atoms with Crippen molar-refractivity contribution in [1.29, 1.82) is 0 Å². The molecule has 0 amide bonds. The van der Waals surface area contributed by atoms with Crippen LogP contribution in [0.5, 0.6) is 0 Å². The Morgan fingerprint density at radius 3 is 2.79 bits per heavy atom. The van der Waals surface area contributed by atoms with Crippen molar-refractivity contribution in [2.24, 2.45) is 0 Å². The molecule has 5 nitrogen and oxygen atoms in total. The highest BCUT2D eigenvalue weighted by Crippen LogP contribution is 2.19. The Bertz CT molecular complexity index is 282. The Morgan fingerprint density at radius 2 is 2.21 bits per heavy atom. The van der Waals surface area contributed by atoms with E-state index in [1.165, 1.54) is 0 Å². The van der Waals surface area contributed by atoms with E-state index in [4.69, 9.17) is 9.47 Å². The fourth-order valence-electron chi connectivity index (χ4n) is 2.38. The molecule has 1 saturated heterocycles. The fraction of sp³-hybridized carbons (Fsp3) is 0.929. The number of rotatable bonds is 7. The zero-order valence-corrected chi connectivity index (χ0v) is 12.7. The lowest BCUT2D eigenvalue weighted by Crippen LogP contribution is -2.54. The molecular formula is C14H28N2O3. The normalized spacial score (nSPS) is 21.1. The van der Waals surface area contributed by atoms with Gasteiger partial charge in [0.2, 0.25) is 0 Å². The minimum absolute atomic E-state index is 0.0453. The number of carbonyl (C=O) groups is 1. The minimum atomic E-state index is -0.205. The van der Waals surface area contributed by atoms with Crippen molar-refractivity contribution in [3.8, 4) is 0 Å². The lowest BCUT2D eigenvalue weighted by Gasteiger charge is -2.42. The maximum Gasteiger partial charge on any atom is 0.323 e. The summed E-state index contributed by atoms with van der Waals surface area (Å²) in [4.78, 5) is 14.2. The van der Waals surface area contributed by atoms with Gasteiger partial charge < -0.3 is 14.8 Å². The van der Waals surface area contributed by atoms with E-state index < -0.39 is 0 Å². The highest BCUT2D eigenvalue weighted by atomic mass is 16.5. The number of carbonyl (C=O) groups excluding carboxylic acids is 1. The summed E-state index contributed by atoms with van der Waals surface area (Å²) in [5, 5.41) is 3.20. The number of esters is 1. The lowest BCUT2D eigenvalue weighted by molar-refractivity contribution is -0.146. The first-order valence-corrected chi connectivity index (χ1v) is 7.24. The molecule has 0 aromatic rings. The van der Waals surface area contributed by atoms with Crippen LogP contribution in [0, 0.1) is 0 Å². The van der Waals surface area contributed by atoms with E-state index in [9.17, 15) is 4.79 Å². The van der Waals surface area contributed by atoms with Gasteiger partial charge in [-0.15, -0.1) is 0 Å². The molecular weight excluding hydrogens is 244 g/mol. The van der Waals surface area contributed by atoms with Gasteiger partial charge in [0.25, 0.3) is 0 Å². The molecule has 1 unspecified atom stereocenters. The quantitative estimate of drug-likeness (QED) is 0.702. The zero-order valence-electron chi connectivity index (χ0n) is 12.7. The van der Waals surface area contributed by atoms with E-state index >= 15 is 0 Å². The van der Waals surface area contributed by atoms with E-state index in [-0.39, 0.29) is 17.6 Å². The molecule has 112 valence electrons. The van der Waals surface area contributed by atoms with Gasteiger partial charge in [0.05, 0.1) is 19.8 Å². The first-order valence-electron chi connectivity index (χ1n) is 7.24. The van der Waals surface area contributed by atoms with E-state index in [1.807, 2.05) is 13.8 Å². The highest BCUT2D eigenvalue weighted by molar-refractivity contribution is 5.75. The van der Waals surface area contributed by atoms with E-state index in [2.05, 4.69) is 24.1 Å². The second-order valence-electron chi connectivity index (χ2n) is 5.50. The Kier molecular flexibility index (Phi) is 6.75. The monoisotopic (exact) mass is 272 g/mol. The Hall–Kier alpha value is -0.650. The van der Waals surface area contributed by atoms with Crippen LogP contribution in [0.1, 0.15) is 34.1 Å². The summed E-state index contributed by atoms with van der Waals surface area (Å²) >= 11 is 0. The number of likely N-dealkylation sites (N-methyl/N-ethyl adjacent to an activating group) is 1. The molecule has 0 bridgehead atoms. The van der Waals surface area contributed by atoms with Crippen molar-refractivity contribution >= 4 is 5.97 Å². The SMILES string of the molecule is CCNC(CCN1CCOCC1(C)C)C(=O)OCC.